The van der Waals surface area contributed by atoms with E-state index < -0.39 is 12.2 Å². The number of nitrogen functional groups attached to an aromatic ring is 1. The van der Waals surface area contributed by atoms with Crippen LogP contribution in [0.15, 0.2) is 18.2 Å². The fourth-order valence-corrected chi connectivity index (χ4v) is 1.44. The molecule has 78 valence electrons. The molecule has 0 saturated carbocycles. The van der Waals surface area contributed by atoms with Crippen molar-refractivity contribution in [3.63, 3.8) is 0 Å². The second-order valence-corrected chi connectivity index (χ2v) is 3.75. The van der Waals surface area contributed by atoms with Crippen molar-refractivity contribution in [2.75, 3.05) is 11.5 Å². The minimum Gasteiger partial charge on any atom is -0.398 e. The van der Waals surface area contributed by atoms with Crippen molar-refractivity contribution >= 4 is 29.9 Å². The second kappa shape index (κ2) is 4.89. The molecule has 0 radical (unpaired) electrons. The maximum absolute atomic E-state index is 9.61. The SMILES string of the molecule is Nc1ccc(C(O)C(O)CS)cc1Cl. The van der Waals surface area contributed by atoms with Crippen LogP contribution in [0.5, 0.6) is 0 Å². The molecule has 3 nitrogen and oxygen atoms in total. The van der Waals surface area contributed by atoms with Gasteiger partial charge in [0, 0.05) is 5.75 Å². The summed E-state index contributed by atoms with van der Waals surface area (Å²) in [6, 6.07) is 4.75. The van der Waals surface area contributed by atoms with Crippen LogP contribution in [0.3, 0.4) is 0 Å². The predicted octanol–water partition coefficient (Wildman–Crippen LogP) is 1.25. The standard InChI is InChI=1S/C9H12ClNO2S/c10-6-3-5(1-2-7(6)11)9(13)8(12)4-14/h1-3,8-9,12-14H,4,11H2. The minimum absolute atomic E-state index is 0.184. The predicted molar refractivity (Wildman–Crippen MR) is 60.7 cm³/mol. The van der Waals surface area contributed by atoms with Crippen molar-refractivity contribution in [1.82, 2.24) is 0 Å². The van der Waals surface area contributed by atoms with Gasteiger partial charge in [-0.2, -0.15) is 12.6 Å². The number of anilines is 1. The molecule has 0 amide bonds. The van der Waals surface area contributed by atoms with Gasteiger partial charge in [-0.3, -0.25) is 0 Å². The molecule has 0 spiro atoms. The Bertz CT molecular complexity index is 322. The van der Waals surface area contributed by atoms with Crippen LogP contribution in [0.1, 0.15) is 11.7 Å². The number of aliphatic hydroxyl groups is 2. The molecule has 0 heterocycles. The molecule has 4 N–H and O–H groups in total. The van der Waals surface area contributed by atoms with Crippen molar-refractivity contribution in [3.05, 3.63) is 28.8 Å². The van der Waals surface area contributed by atoms with E-state index in [0.29, 0.717) is 16.3 Å². The van der Waals surface area contributed by atoms with Gasteiger partial charge in [-0.15, -0.1) is 0 Å². The molecular weight excluding hydrogens is 222 g/mol. The van der Waals surface area contributed by atoms with E-state index in [4.69, 9.17) is 17.3 Å². The van der Waals surface area contributed by atoms with Gasteiger partial charge in [0.05, 0.1) is 16.8 Å². The first-order valence-electron chi connectivity index (χ1n) is 4.08. The smallest absolute Gasteiger partial charge is 0.106 e. The van der Waals surface area contributed by atoms with Crippen LogP contribution >= 0.6 is 24.2 Å². The Kier molecular flexibility index (Phi) is 4.07. The van der Waals surface area contributed by atoms with Gasteiger partial charge < -0.3 is 15.9 Å². The van der Waals surface area contributed by atoms with E-state index in [1.54, 1.807) is 12.1 Å². The topological polar surface area (TPSA) is 66.5 Å². The fourth-order valence-electron chi connectivity index (χ4n) is 1.05. The first kappa shape index (κ1) is 11.7. The molecule has 2 unspecified atom stereocenters. The molecule has 0 aliphatic rings. The highest BCUT2D eigenvalue weighted by molar-refractivity contribution is 7.80. The molecule has 5 heteroatoms. The Balaban J connectivity index is 2.91. The molecule has 0 aliphatic carbocycles. The lowest BCUT2D eigenvalue weighted by Gasteiger charge is -2.16. The van der Waals surface area contributed by atoms with E-state index in [0.717, 1.165) is 0 Å². The summed E-state index contributed by atoms with van der Waals surface area (Å²) in [5.74, 6) is 0.184. The Morgan fingerprint density at radius 1 is 1.43 bits per heavy atom. The zero-order valence-electron chi connectivity index (χ0n) is 7.39. The first-order valence-corrected chi connectivity index (χ1v) is 5.09. The lowest BCUT2D eigenvalue weighted by atomic mass is 10.1. The van der Waals surface area contributed by atoms with E-state index in [1.807, 2.05) is 0 Å². The van der Waals surface area contributed by atoms with Crippen molar-refractivity contribution in [2.45, 2.75) is 12.2 Å². The molecule has 1 rings (SSSR count). The fraction of sp³-hybridized carbons (Fsp3) is 0.333. The summed E-state index contributed by atoms with van der Waals surface area (Å²) in [6.45, 7) is 0. The summed E-state index contributed by atoms with van der Waals surface area (Å²) in [4.78, 5) is 0. The molecule has 0 aliphatic heterocycles. The number of benzene rings is 1. The summed E-state index contributed by atoms with van der Waals surface area (Å²) in [5.41, 5.74) is 6.49. The van der Waals surface area contributed by atoms with Crippen LogP contribution in [0.25, 0.3) is 0 Å². The Hall–Kier alpha value is -0.420. The maximum atomic E-state index is 9.61. The van der Waals surface area contributed by atoms with Crippen molar-refractivity contribution < 1.29 is 10.2 Å². The van der Waals surface area contributed by atoms with E-state index >= 15 is 0 Å². The van der Waals surface area contributed by atoms with E-state index in [-0.39, 0.29) is 5.75 Å². The van der Waals surface area contributed by atoms with Crippen molar-refractivity contribution in [2.24, 2.45) is 0 Å². The molecule has 14 heavy (non-hydrogen) atoms. The van der Waals surface area contributed by atoms with E-state index in [1.165, 1.54) is 6.07 Å². The van der Waals surface area contributed by atoms with Gasteiger partial charge in [0.15, 0.2) is 0 Å². The molecule has 0 aromatic heterocycles. The van der Waals surface area contributed by atoms with Crippen LogP contribution in [0.2, 0.25) is 5.02 Å². The average molecular weight is 234 g/mol. The Morgan fingerprint density at radius 2 is 2.07 bits per heavy atom. The maximum Gasteiger partial charge on any atom is 0.106 e. The highest BCUT2D eigenvalue weighted by atomic mass is 35.5. The van der Waals surface area contributed by atoms with Gasteiger partial charge in [-0.1, -0.05) is 17.7 Å². The van der Waals surface area contributed by atoms with E-state index in [9.17, 15) is 10.2 Å². The monoisotopic (exact) mass is 233 g/mol. The van der Waals surface area contributed by atoms with Gasteiger partial charge in [0.2, 0.25) is 0 Å². The normalized spacial score (nSPS) is 15.1. The highest BCUT2D eigenvalue weighted by Gasteiger charge is 2.17. The third kappa shape index (κ3) is 2.54. The van der Waals surface area contributed by atoms with Crippen LogP contribution in [0.4, 0.5) is 5.69 Å². The molecular formula is C9H12ClNO2S. The quantitative estimate of drug-likeness (QED) is 0.469. The summed E-state index contributed by atoms with van der Waals surface area (Å²) < 4.78 is 0. The third-order valence-electron chi connectivity index (χ3n) is 1.92. The summed E-state index contributed by atoms with van der Waals surface area (Å²) in [5, 5.41) is 19.3. The van der Waals surface area contributed by atoms with Gasteiger partial charge >= 0.3 is 0 Å². The zero-order valence-corrected chi connectivity index (χ0v) is 9.04. The number of aliphatic hydroxyl groups excluding tert-OH is 2. The average Bonchev–Trinajstić information content (AvgIpc) is 2.20. The minimum atomic E-state index is -0.981. The number of hydrogen-bond donors (Lipinski definition) is 4. The Labute approximate surface area is 92.9 Å². The van der Waals surface area contributed by atoms with E-state index in [2.05, 4.69) is 12.6 Å². The molecule has 0 fully saturated rings. The number of hydrogen-bond acceptors (Lipinski definition) is 4. The zero-order chi connectivity index (χ0) is 10.7. The number of nitrogens with two attached hydrogens (primary N) is 1. The molecule has 1 aromatic carbocycles. The molecule has 1 aromatic rings. The van der Waals surface area contributed by atoms with Crippen LogP contribution in [0, 0.1) is 0 Å². The van der Waals surface area contributed by atoms with Crippen molar-refractivity contribution in [3.8, 4) is 0 Å². The highest BCUT2D eigenvalue weighted by Crippen LogP contribution is 2.25. The van der Waals surface area contributed by atoms with Crippen LogP contribution in [-0.2, 0) is 0 Å². The van der Waals surface area contributed by atoms with Gasteiger partial charge in [-0.05, 0) is 17.7 Å². The summed E-state index contributed by atoms with van der Waals surface area (Å²) in [7, 11) is 0. The lowest BCUT2D eigenvalue weighted by Crippen LogP contribution is -2.19. The molecule has 2 atom stereocenters. The lowest BCUT2D eigenvalue weighted by molar-refractivity contribution is 0.0338. The summed E-state index contributed by atoms with van der Waals surface area (Å²) in [6.07, 6.45) is -1.89. The van der Waals surface area contributed by atoms with Gasteiger partial charge in [-0.25, -0.2) is 0 Å². The number of rotatable bonds is 3. The van der Waals surface area contributed by atoms with Gasteiger partial charge in [0.1, 0.15) is 6.10 Å². The number of thiol groups is 1. The van der Waals surface area contributed by atoms with Crippen molar-refractivity contribution in [1.29, 1.82) is 0 Å². The van der Waals surface area contributed by atoms with Gasteiger partial charge in [0.25, 0.3) is 0 Å². The Morgan fingerprint density at radius 3 is 2.57 bits per heavy atom. The second-order valence-electron chi connectivity index (χ2n) is 2.98. The molecule has 0 bridgehead atoms. The largest absolute Gasteiger partial charge is 0.398 e. The first-order chi connectivity index (χ1) is 6.56. The third-order valence-corrected chi connectivity index (χ3v) is 2.62. The summed E-state index contributed by atoms with van der Waals surface area (Å²) >= 11 is 9.65. The number of halogens is 1. The van der Waals surface area contributed by atoms with Crippen LogP contribution < -0.4 is 5.73 Å². The van der Waals surface area contributed by atoms with Crippen LogP contribution in [-0.4, -0.2) is 22.1 Å². The molecule has 0 saturated heterocycles.